The van der Waals surface area contributed by atoms with Gasteiger partial charge in [0.25, 0.3) is 5.91 Å². The number of carbonyl (C=O) groups is 1. The van der Waals surface area contributed by atoms with E-state index in [0.29, 0.717) is 10.6 Å². The van der Waals surface area contributed by atoms with Crippen molar-refractivity contribution in [1.29, 1.82) is 0 Å². The van der Waals surface area contributed by atoms with Crippen LogP contribution in [0.4, 0.5) is 0 Å². The van der Waals surface area contributed by atoms with Gasteiger partial charge in [-0.15, -0.1) is 0 Å². The van der Waals surface area contributed by atoms with Gasteiger partial charge in [-0.1, -0.05) is 35.9 Å². The molecule has 0 bridgehead atoms. The number of para-hydroxylation sites is 2. The van der Waals surface area contributed by atoms with Crippen LogP contribution in [0.25, 0.3) is 11.0 Å². The second-order valence-corrected chi connectivity index (χ2v) is 5.22. The molecule has 1 unspecified atom stereocenters. The van der Waals surface area contributed by atoms with Gasteiger partial charge in [-0.2, -0.15) is 0 Å². The lowest BCUT2D eigenvalue weighted by molar-refractivity contribution is 0.0938. The first-order chi connectivity index (χ1) is 10.1. The van der Waals surface area contributed by atoms with Crippen LogP contribution in [0.2, 0.25) is 5.02 Å². The summed E-state index contributed by atoms with van der Waals surface area (Å²) in [5.74, 6) is 0.505. The molecule has 0 aliphatic heterocycles. The van der Waals surface area contributed by atoms with Gasteiger partial charge in [-0.05, 0) is 31.2 Å². The summed E-state index contributed by atoms with van der Waals surface area (Å²) < 4.78 is 0. The number of hydrogen-bond acceptors (Lipinski definition) is 2. The minimum absolute atomic E-state index is 0.214. The van der Waals surface area contributed by atoms with Gasteiger partial charge in [-0.25, -0.2) is 4.98 Å². The number of rotatable bonds is 3. The van der Waals surface area contributed by atoms with Crippen molar-refractivity contribution in [2.45, 2.75) is 13.0 Å². The summed E-state index contributed by atoms with van der Waals surface area (Å²) in [6.07, 6.45) is 0. The summed E-state index contributed by atoms with van der Waals surface area (Å²) in [7, 11) is 0. The Hall–Kier alpha value is -2.33. The average molecular weight is 300 g/mol. The van der Waals surface area contributed by atoms with E-state index in [-0.39, 0.29) is 11.9 Å². The van der Waals surface area contributed by atoms with Crippen molar-refractivity contribution < 1.29 is 4.79 Å². The summed E-state index contributed by atoms with van der Waals surface area (Å²) >= 11 is 6.03. The number of nitrogens with one attached hydrogen (secondary N) is 2. The number of nitrogens with zero attached hydrogens (tertiary/aromatic N) is 1. The highest BCUT2D eigenvalue weighted by atomic mass is 35.5. The minimum atomic E-state index is -0.235. The quantitative estimate of drug-likeness (QED) is 0.774. The molecule has 2 N–H and O–H groups in total. The van der Waals surface area contributed by atoms with E-state index >= 15 is 0 Å². The van der Waals surface area contributed by atoms with Gasteiger partial charge < -0.3 is 10.3 Å². The standard InChI is InChI=1S/C16H14ClN3O/c1-10(15-19-13-8-4-5-9-14(13)20-15)18-16(21)11-6-2-3-7-12(11)17/h2-10H,1H3,(H,18,21)(H,19,20). The van der Waals surface area contributed by atoms with E-state index in [1.807, 2.05) is 31.2 Å². The van der Waals surface area contributed by atoms with E-state index in [2.05, 4.69) is 15.3 Å². The van der Waals surface area contributed by atoms with Crippen LogP contribution in [-0.2, 0) is 0 Å². The number of aromatic amines is 1. The number of hydrogen-bond donors (Lipinski definition) is 2. The minimum Gasteiger partial charge on any atom is -0.342 e. The van der Waals surface area contributed by atoms with Crippen LogP contribution in [0.15, 0.2) is 48.5 Å². The monoisotopic (exact) mass is 299 g/mol. The van der Waals surface area contributed by atoms with Gasteiger partial charge in [0.05, 0.1) is 27.7 Å². The van der Waals surface area contributed by atoms with Crippen molar-refractivity contribution >= 4 is 28.5 Å². The van der Waals surface area contributed by atoms with E-state index in [1.54, 1.807) is 24.3 Å². The largest absolute Gasteiger partial charge is 0.342 e. The molecule has 0 aliphatic rings. The second-order valence-electron chi connectivity index (χ2n) is 4.81. The third-order valence-electron chi connectivity index (χ3n) is 3.28. The first kappa shape index (κ1) is 13.6. The van der Waals surface area contributed by atoms with Crippen LogP contribution < -0.4 is 5.32 Å². The van der Waals surface area contributed by atoms with E-state index in [1.165, 1.54) is 0 Å². The molecule has 0 fully saturated rings. The van der Waals surface area contributed by atoms with Crippen molar-refractivity contribution in [3.05, 3.63) is 64.9 Å². The van der Waals surface area contributed by atoms with E-state index < -0.39 is 0 Å². The van der Waals surface area contributed by atoms with Gasteiger partial charge in [0.1, 0.15) is 5.82 Å². The Bertz CT molecular complexity index is 764. The fraction of sp³-hybridized carbons (Fsp3) is 0.125. The maximum Gasteiger partial charge on any atom is 0.253 e. The Labute approximate surface area is 127 Å². The average Bonchev–Trinajstić information content (AvgIpc) is 2.91. The van der Waals surface area contributed by atoms with Crippen LogP contribution in [0, 0.1) is 0 Å². The molecule has 3 aromatic rings. The lowest BCUT2D eigenvalue weighted by Crippen LogP contribution is -2.27. The molecule has 3 rings (SSSR count). The first-order valence-corrected chi connectivity index (χ1v) is 7.03. The third-order valence-corrected chi connectivity index (χ3v) is 3.61. The van der Waals surface area contributed by atoms with Crippen molar-refractivity contribution in [3.8, 4) is 0 Å². The van der Waals surface area contributed by atoms with Crippen molar-refractivity contribution in [2.75, 3.05) is 0 Å². The highest BCUT2D eigenvalue weighted by Gasteiger charge is 2.16. The number of imidazole rings is 1. The van der Waals surface area contributed by atoms with Crippen molar-refractivity contribution in [2.24, 2.45) is 0 Å². The zero-order chi connectivity index (χ0) is 14.8. The molecule has 0 aliphatic carbocycles. The Kier molecular flexibility index (Phi) is 3.62. The molecule has 0 spiro atoms. The third kappa shape index (κ3) is 2.76. The Morgan fingerprint density at radius 2 is 1.90 bits per heavy atom. The fourth-order valence-corrected chi connectivity index (χ4v) is 2.39. The topological polar surface area (TPSA) is 57.8 Å². The summed E-state index contributed by atoms with van der Waals surface area (Å²) in [6, 6.07) is 14.5. The van der Waals surface area contributed by atoms with Gasteiger partial charge in [0.2, 0.25) is 0 Å². The SMILES string of the molecule is CC(NC(=O)c1ccccc1Cl)c1nc2ccccc2[nH]1. The molecule has 0 radical (unpaired) electrons. The van der Waals surface area contributed by atoms with Crippen LogP contribution in [0.1, 0.15) is 29.1 Å². The van der Waals surface area contributed by atoms with E-state index in [9.17, 15) is 4.79 Å². The van der Waals surface area contributed by atoms with Crippen LogP contribution >= 0.6 is 11.6 Å². The lowest BCUT2D eigenvalue weighted by atomic mass is 10.2. The van der Waals surface area contributed by atoms with Gasteiger partial charge in [-0.3, -0.25) is 4.79 Å². The van der Waals surface area contributed by atoms with Crippen molar-refractivity contribution in [1.82, 2.24) is 15.3 Å². The Morgan fingerprint density at radius 3 is 2.67 bits per heavy atom. The van der Waals surface area contributed by atoms with Gasteiger partial charge >= 0.3 is 0 Å². The molecular weight excluding hydrogens is 286 g/mol. The molecule has 1 atom stereocenters. The number of halogens is 1. The molecule has 5 heteroatoms. The molecule has 4 nitrogen and oxygen atoms in total. The van der Waals surface area contributed by atoms with Crippen LogP contribution in [-0.4, -0.2) is 15.9 Å². The molecule has 106 valence electrons. The number of amides is 1. The summed E-state index contributed by atoms with van der Waals surface area (Å²) in [4.78, 5) is 19.9. The predicted molar refractivity (Wildman–Crippen MR) is 83.4 cm³/mol. The van der Waals surface area contributed by atoms with E-state index in [0.717, 1.165) is 16.9 Å². The molecule has 0 saturated carbocycles. The van der Waals surface area contributed by atoms with E-state index in [4.69, 9.17) is 11.6 Å². The normalized spacial score (nSPS) is 12.3. The molecule has 1 amide bonds. The molecular formula is C16H14ClN3O. The van der Waals surface area contributed by atoms with Gasteiger partial charge in [0, 0.05) is 0 Å². The molecule has 21 heavy (non-hydrogen) atoms. The fourth-order valence-electron chi connectivity index (χ4n) is 2.17. The molecule has 0 saturated heterocycles. The predicted octanol–water partition coefficient (Wildman–Crippen LogP) is 3.71. The van der Waals surface area contributed by atoms with Crippen LogP contribution in [0.5, 0.6) is 0 Å². The lowest BCUT2D eigenvalue weighted by Gasteiger charge is -2.12. The number of H-pyrrole nitrogens is 1. The maximum absolute atomic E-state index is 12.2. The molecule has 1 aromatic heterocycles. The summed E-state index contributed by atoms with van der Waals surface area (Å²) in [5, 5.41) is 3.33. The number of benzene rings is 2. The smallest absolute Gasteiger partial charge is 0.253 e. The van der Waals surface area contributed by atoms with Crippen molar-refractivity contribution in [3.63, 3.8) is 0 Å². The molecule has 1 heterocycles. The second kappa shape index (κ2) is 5.58. The Balaban J connectivity index is 1.81. The van der Waals surface area contributed by atoms with Crippen LogP contribution in [0.3, 0.4) is 0 Å². The molecule has 2 aromatic carbocycles. The zero-order valence-corrected chi connectivity index (χ0v) is 12.2. The summed E-state index contributed by atoms with van der Waals surface area (Å²) in [6.45, 7) is 1.88. The number of carbonyl (C=O) groups excluding carboxylic acids is 1. The number of aromatic nitrogens is 2. The van der Waals surface area contributed by atoms with Gasteiger partial charge in [0.15, 0.2) is 0 Å². The highest BCUT2D eigenvalue weighted by molar-refractivity contribution is 6.33. The Morgan fingerprint density at radius 1 is 1.19 bits per heavy atom. The number of fused-ring (bicyclic) bond motifs is 1. The maximum atomic E-state index is 12.2. The summed E-state index contributed by atoms with van der Waals surface area (Å²) in [5.41, 5.74) is 2.29. The highest BCUT2D eigenvalue weighted by Crippen LogP contribution is 2.18. The first-order valence-electron chi connectivity index (χ1n) is 6.65. The zero-order valence-electron chi connectivity index (χ0n) is 11.4.